The molecule has 0 saturated carbocycles. The molecule has 0 aliphatic carbocycles. The Morgan fingerprint density at radius 3 is 2.20 bits per heavy atom. The normalized spacial score (nSPS) is 10.2. The van der Waals surface area contributed by atoms with Crippen LogP contribution in [0.1, 0.15) is 45.2 Å². The van der Waals surface area contributed by atoms with Crippen LogP contribution in [0.25, 0.3) is 0 Å². The van der Waals surface area contributed by atoms with Crippen molar-refractivity contribution < 1.29 is 14.7 Å². The number of hydrogen-bond acceptors (Lipinski definition) is 2. The number of aromatic carboxylic acids is 1. The van der Waals surface area contributed by atoms with Gasteiger partial charge in [0.1, 0.15) is 0 Å². The molecule has 2 aromatic rings. The van der Waals surface area contributed by atoms with Crippen molar-refractivity contribution in [1.29, 1.82) is 0 Å². The van der Waals surface area contributed by atoms with E-state index in [4.69, 9.17) is 5.11 Å². The molecule has 0 aromatic heterocycles. The minimum Gasteiger partial charge on any atom is -0.478 e. The lowest BCUT2D eigenvalue weighted by Crippen LogP contribution is -2.04. The van der Waals surface area contributed by atoms with E-state index in [9.17, 15) is 9.59 Å². The summed E-state index contributed by atoms with van der Waals surface area (Å²) in [6.45, 7) is 2.11. The van der Waals surface area contributed by atoms with E-state index < -0.39 is 5.97 Å². The molecular weight excluding hydrogens is 252 g/mol. The van der Waals surface area contributed by atoms with Crippen LogP contribution in [0.2, 0.25) is 0 Å². The standard InChI is InChI=1S/C17H16O3/c1-2-4-12-7-9-13(10-8-12)16(18)14-5-3-6-15(11-14)17(19)20/h3,5-11H,2,4H2,1H3,(H,19,20). The van der Waals surface area contributed by atoms with Crippen molar-refractivity contribution in [3.63, 3.8) is 0 Å². The smallest absolute Gasteiger partial charge is 0.335 e. The Kier molecular flexibility index (Phi) is 4.31. The van der Waals surface area contributed by atoms with Crippen LogP contribution in [-0.4, -0.2) is 16.9 Å². The third-order valence-corrected chi connectivity index (χ3v) is 3.13. The van der Waals surface area contributed by atoms with E-state index in [-0.39, 0.29) is 11.3 Å². The highest BCUT2D eigenvalue weighted by atomic mass is 16.4. The van der Waals surface area contributed by atoms with E-state index in [1.54, 1.807) is 24.3 Å². The summed E-state index contributed by atoms with van der Waals surface area (Å²) in [5.74, 6) is -1.19. The largest absolute Gasteiger partial charge is 0.478 e. The van der Waals surface area contributed by atoms with E-state index in [2.05, 4.69) is 6.92 Å². The minimum absolute atomic E-state index is 0.124. The minimum atomic E-state index is -1.03. The van der Waals surface area contributed by atoms with Gasteiger partial charge in [0.15, 0.2) is 5.78 Å². The molecule has 0 aliphatic heterocycles. The number of carbonyl (C=O) groups excluding carboxylic acids is 1. The SMILES string of the molecule is CCCc1ccc(C(=O)c2cccc(C(=O)O)c2)cc1. The highest BCUT2D eigenvalue weighted by Gasteiger charge is 2.11. The van der Waals surface area contributed by atoms with Crippen LogP contribution in [-0.2, 0) is 6.42 Å². The van der Waals surface area contributed by atoms with Gasteiger partial charge in [-0.1, -0.05) is 49.7 Å². The number of aryl methyl sites for hydroxylation is 1. The molecule has 1 N–H and O–H groups in total. The van der Waals surface area contributed by atoms with Crippen molar-refractivity contribution in [2.75, 3.05) is 0 Å². The first kappa shape index (κ1) is 14.0. The number of carboxylic acid groups (broad SMARTS) is 1. The van der Waals surface area contributed by atoms with Gasteiger partial charge in [-0.15, -0.1) is 0 Å². The Hall–Kier alpha value is -2.42. The number of carbonyl (C=O) groups is 2. The average molecular weight is 268 g/mol. The fraction of sp³-hybridized carbons (Fsp3) is 0.176. The van der Waals surface area contributed by atoms with Crippen LogP contribution in [0.3, 0.4) is 0 Å². The van der Waals surface area contributed by atoms with Crippen molar-refractivity contribution >= 4 is 11.8 Å². The second-order valence-electron chi connectivity index (χ2n) is 4.66. The van der Waals surface area contributed by atoms with Gasteiger partial charge in [0.05, 0.1) is 5.56 Å². The predicted molar refractivity (Wildman–Crippen MR) is 77.3 cm³/mol. The van der Waals surface area contributed by atoms with Gasteiger partial charge in [-0.05, 0) is 24.1 Å². The maximum absolute atomic E-state index is 12.3. The number of benzene rings is 2. The summed E-state index contributed by atoms with van der Waals surface area (Å²) >= 11 is 0. The Balaban J connectivity index is 2.26. The first-order chi connectivity index (χ1) is 9.61. The van der Waals surface area contributed by atoms with Crippen LogP contribution in [0, 0.1) is 0 Å². The molecule has 2 rings (SSSR count). The lowest BCUT2D eigenvalue weighted by Gasteiger charge is -2.04. The van der Waals surface area contributed by atoms with Gasteiger partial charge in [0.2, 0.25) is 0 Å². The summed E-state index contributed by atoms with van der Waals surface area (Å²) in [6.07, 6.45) is 2.05. The zero-order valence-corrected chi connectivity index (χ0v) is 11.3. The molecule has 0 spiro atoms. The van der Waals surface area contributed by atoms with E-state index in [1.165, 1.54) is 17.7 Å². The third kappa shape index (κ3) is 3.12. The molecule has 0 bridgehead atoms. The van der Waals surface area contributed by atoms with Crippen LogP contribution in [0.15, 0.2) is 48.5 Å². The van der Waals surface area contributed by atoms with Gasteiger partial charge in [-0.2, -0.15) is 0 Å². The molecule has 0 saturated heterocycles. The highest BCUT2D eigenvalue weighted by Crippen LogP contribution is 2.13. The molecule has 2 aromatic carbocycles. The van der Waals surface area contributed by atoms with E-state index in [1.807, 2.05) is 12.1 Å². The molecule has 0 fully saturated rings. The lowest BCUT2D eigenvalue weighted by atomic mass is 9.99. The van der Waals surface area contributed by atoms with Crippen LogP contribution in [0.5, 0.6) is 0 Å². The summed E-state index contributed by atoms with van der Waals surface area (Å²) in [7, 11) is 0. The zero-order valence-electron chi connectivity index (χ0n) is 11.3. The van der Waals surface area contributed by atoms with Gasteiger partial charge in [0.25, 0.3) is 0 Å². The summed E-state index contributed by atoms with van der Waals surface area (Å²) in [5.41, 5.74) is 2.29. The first-order valence-electron chi connectivity index (χ1n) is 6.59. The lowest BCUT2D eigenvalue weighted by molar-refractivity contribution is 0.0697. The summed E-state index contributed by atoms with van der Waals surface area (Å²) < 4.78 is 0. The van der Waals surface area contributed by atoms with Gasteiger partial charge < -0.3 is 5.11 Å². The van der Waals surface area contributed by atoms with Gasteiger partial charge >= 0.3 is 5.97 Å². The fourth-order valence-corrected chi connectivity index (χ4v) is 2.07. The van der Waals surface area contributed by atoms with E-state index in [0.717, 1.165) is 12.8 Å². The molecule has 0 unspecified atom stereocenters. The third-order valence-electron chi connectivity index (χ3n) is 3.13. The molecule has 0 heterocycles. The molecule has 0 atom stereocenters. The first-order valence-corrected chi connectivity index (χ1v) is 6.59. The summed E-state index contributed by atoms with van der Waals surface area (Å²) in [4.78, 5) is 23.2. The molecule has 0 radical (unpaired) electrons. The van der Waals surface area contributed by atoms with Crippen molar-refractivity contribution in [3.05, 3.63) is 70.8 Å². The molecule has 0 aliphatic rings. The van der Waals surface area contributed by atoms with E-state index >= 15 is 0 Å². The Morgan fingerprint density at radius 2 is 1.60 bits per heavy atom. The fourth-order valence-electron chi connectivity index (χ4n) is 2.07. The maximum Gasteiger partial charge on any atom is 0.335 e. The Bertz CT molecular complexity index is 627. The Labute approximate surface area is 117 Å². The predicted octanol–water partition coefficient (Wildman–Crippen LogP) is 3.57. The van der Waals surface area contributed by atoms with Gasteiger partial charge in [-0.3, -0.25) is 4.79 Å². The number of hydrogen-bond donors (Lipinski definition) is 1. The highest BCUT2D eigenvalue weighted by molar-refractivity contribution is 6.09. The van der Waals surface area contributed by atoms with Crippen molar-refractivity contribution in [2.24, 2.45) is 0 Å². The topological polar surface area (TPSA) is 54.4 Å². The molecule has 102 valence electrons. The van der Waals surface area contributed by atoms with Crippen molar-refractivity contribution in [1.82, 2.24) is 0 Å². The Morgan fingerprint density at radius 1 is 0.950 bits per heavy atom. The molecular formula is C17H16O3. The van der Waals surface area contributed by atoms with Crippen LogP contribution < -0.4 is 0 Å². The second kappa shape index (κ2) is 6.15. The summed E-state index contributed by atoms with van der Waals surface area (Å²) in [6, 6.07) is 13.6. The zero-order chi connectivity index (χ0) is 14.5. The van der Waals surface area contributed by atoms with Crippen LogP contribution in [0.4, 0.5) is 0 Å². The molecule has 3 heteroatoms. The molecule has 20 heavy (non-hydrogen) atoms. The molecule has 0 amide bonds. The number of ketones is 1. The van der Waals surface area contributed by atoms with Gasteiger partial charge in [-0.25, -0.2) is 4.79 Å². The van der Waals surface area contributed by atoms with Crippen molar-refractivity contribution in [3.8, 4) is 0 Å². The summed E-state index contributed by atoms with van der Waals surface area (Å²) in [5, 5.41) is 8.95. The number of carboxylic acids is 1. The van der Waals surface area contributed by atoms with E-state index in [0.29, 0.717) is 11.1 Å². The monoisotopic (exact) mass is 268 g/mol. The quantitative estimate of drug-likeness (QED) is 0.843. The van der Waals surface area contributed by atoms with Crippen LogP contribution >= 0.6 is 0 Å². The second-order valence-corrected chi connectivity index (χ2v) is 4.66. The molecule has 3 nitrogen and oxygen atoms in total. The van der Waals surface area contributed by atoms with Crippen molar-refractivity contribution in [2.45, 2.75) is 19.8 Å². The number of rotatable bonds is 5. The maximum atomic E-state index is 12.3. The average Bonchev–Trinajstić information content (AvgIpc) is 2.48. The van der Waals surface area contributed by atoms with Gasteiger partial charge in [0, 0.05) is 11.1 Å².